The van der Waals surface area contributed by atoms with Crippen LogP contribution in [0.25, 0.3) is 22.6 Å². The molecule has 0 aliphatic rings. The van der Waals surface area contributed by atoms with Gasteiger partial charge in [0, 0.05) is 5.56 Å². The summed E-state index contributed by atoms with van der Waals surface area (Å²) in [6.45, 7) is 1.89. The van der Waals surface area contributed by atoms with Crippen molar-refractivity contribution in [3.05, 3.63) is 76.3 Å². The van der Waals surface area contributed by atoms with Gasteiger partial charge in [-0.2, -0.15) is 0 Å². The lowest BCUT2D eigenvalue weighted by atomic mass is 10.1. The Bertz CT molecular complexity index is 1220. The molecule has 0 bridgehead atoms. The Hall–Kier alpha value is -3.02. The first-order chi connectivity index (χ1) is 14.5. The summed E-state index contributed by atoms with van der Waals surface area (Å²) in [5.41, 5.74) is 3.83. The highest BCUT2D eigenvalue weighted by Gasteiger charge is 2.13. The van der Waals surface area contributed by atoms with E-state index in [-0.39, 0.29) is 12.5 Å². The van der Waals surface area contributed by atoms with E-state index in [1.807, 2.05) is 18.2 Å². The second-order valence-corrected chi connectivity index (χ2v) is 7.45. The van der Waals surface area contributed by atoms with Gasteiger partial charge >= 0.3 is 0 Å². The van der Waals surface area contributed by atoms with E-state index in [1.54, 1.807) is 42.5 Å². The van der Waals surface area contributed by atoms with Crippen LogP contribution < -0.4 is 10.1 Å². The normalized spacial score (nSPS) is 10.9. The third-order valence-electron chi connectivity index (χ3n) is 4.54. The lowest BCUT2D eigenvalue weighted by molar-refractivity contribution is -0.118. The number of oxazole rings is 1. The molecule has 0 atom stereocenters. The minimum Gasteiger partial charge on any atom is -0.482 e. The summed E-state index contributed by atoms with van der Waals surface area (Å²) < 4.78 is 11.3. The van der Waals surface area contributed by atoms with Crippen LogP contribution in [-0.4, -0.2) is 17.5 Å². The fraction of sp³-hybridized carbons (Fsp3) is 0.130. The molecule has 5 nitrogen and oxygen atoms in total. The first kappa shape index (κ1) is 20.3. The molecule has 1 amide bonds. The van der Waals surface area contributed by atoms with Crippen LogP contribution in [0, 0.1) is 0 Å². The largest absolute Gasteiger partial charge is 0.482 e. The average molecular weight is 441 g/mol. The smallest absolute Gasteiger partial charge is 0.262 e. The van der Waals surface area contributed by atoms with Crippen LogP contribution in [0.4, 0.5) is 5.69 Å². The summed E-state index contributed by atoms with van der Waals surface area (Å²) >= 11 is 12.3. The molecule has 30 heavy (non-hydrogen) atoms. The van der Waals surface area contributed by atoms with Gasteiger partial charge in [-0.15, -0.1) is 0 Å². The van der Waals surface area contributed by atoms with E-state index >= 15 is 0 Å². The molecule has 0 saturated carbocycles. The molecule has 3 aromatic carbocycles. The molecule has 1 aromatic heterocycles. The van der Waals surface area contributed by atoms with Crippen molar-refractivity contribution in [2.75, 3.05) is 11.9 Å². The number of nitrogens with zero attached hydrogens (tertiary/aromatic N) is 1. The summed E-state index contributed by atoms with van der Waals surface area (Å²) in [7, 11) is 0. The van der Waals surface area contributed by atoms with Gasteiger partial charge in [-0.25, -0.2) is 4.98 Å². The number of carbonyl (C=O) groups is 1. The molecule has 0 fully saturated rings. The summed E-state index contributed by atoms with van der Waals surface area (Å²) in [6.07, 6.45) is 0.922. The van der Waals surface area contributed by atoms with Gasteiger partial charge in [0.2, 0.25) is 5.89 Å². The number of halogens is 2. The minimum absolute atomic E-state index is 0.201. The summed E-state index contributed by atoms with van der Waals surface area (Å²) in [6, 6.07) is 18.1. The quantitative estimate of drug-likeness (QED) is 0.377. The highest BCUT2D eigenvalue weighted by Crippen LogP contribution is 2.31. The molecule has 0 saturated heterocycles. The topological polar surface area (TPSA) is 64.4 Å². The number of benzene rings is 3. The Kier molecular flexibility index (Phi) is 5.93. The molecule has 0 spiro atoms. The average Bonchev–Trinajstić information content (AvgIpc) is 3.18. The van der Waals surface area contributed by atoms with E-state index in [9.17, 15) is 4.79 Å². The molecule has 4 rings (SSSR count). The van der Waals surface area contributed by atoms with Gasteiger partial charge in [0.15, 0.2) is 12.2 Å². The van der Waals surface area contributed by atoms with Crippen LogP contribution in [0.3, 0.4) is 0 Å². The number of hydrogen-bond acceptors (Lipinski definition) is 4. The van der Waals surface area contributed by atoms with E-state index < -0.39 is 0 Å². The maximum absolute atomic E-state index is 12.3. The number of ether oxygens (including phenoxy) is 1. The molecule has 0 unspecified atom stereocenters. The first-order valence-corrected chi connectivity index (χ1v) is 10.2. The number of hydrogen-bond donors (Lipinski definition) is 1. The van der Waals surface area contributed by atoms with Crippen molar-refractivity contribution in [1.82, 2.24) is 4.98 Å². The zero-order valence-corrected chi connectivity index (χ0v) is 17.6. The number of rotatable bonds is 6. The third-order valence-corrected chi connectivity index (χ3v) is 5.18. The van der Waals surface area contributed by atoms with Crippen molar-refractivity contribution in [1.29, 1.82) is 0 Å². The summed E-state index contributed by atoms with van der Waals surface area (Å²) in [5, 5.41) is 3.59. The third kappa shape index (κ3) is 4.42. The van der Waals surface area contributed by atoms with Crippen molar-refractivity contribution in [3.8, 4) is 17.2 Å². The molecule has 152 valence electrons. The lowest BCUT2D eigenvalue weighted by Gasteiger charge is -2.10. The molecule has 7 heteroatoms. The van der Waals surface area contributed by atoms with Crippen molar-refractivity contribution in [2.45, 2.75) is 13.3 Å². The van der Waals surface area contributed by atoms with E-state index in [0.29, 0.717) is 38.5 Å². The van der Waals surface area contributed by atoms with E-state index in [2.05, 4.69) is 17.2 Å². The Balaban J connectivity index is 1.52. The van der Waals surface area contributed by atoms with Crippen LogP contribution in [0.1, 0.15) is 12.5 Å². The highest BCUT2D eigenvalue weighted by atomic mass is 35.5. The van der Waals surface area contributed by atoms with Gasteiger partial charge in [0.25, 0.3) is 5.91 Å². The SMILES string of the molecule is CCc1ccc2oc(-c3ccc(Cl)c(NC(=O)COc4ccccc4Cl)c3)nc2c1. The van der Waals surface area contributed by atoms with Gasteiger partial charge in [-0.05, 0) is 54.4 Å². The van der Waals surface area contributed by atoms with Crippen molar-refractivity contribution in [2.24, 2.45) is 0 Å². The molecular weight excluding hydrogens is 423 g/mol. The number of fused-ring (bicyclic) bond motifs is 1. The molecule has 0 aliphatic heterocycles. The molecule has 1 heterocycles. The minimum atomic E-state index is -0.362. The van der Waals surface area contributed by atoms with E-state index in [0.717, 1.165) is 11.9 Å². The monoisotopic (exact) mass is 440 g/mol. The van der Waals surface area contributed by atoms with Crippen molar-refractivity contribution < 1.29 is 13.9 Å². The first-order valence-electron chi connectivity index (χ1n) is 9.40. The van der Waals surface area contributed by atoms with Crippen LogP contribution in [-0.2, 0) is 11.2 Å². The second kappa shape index (κ2) is 8.78. The number of nitrogens with one attached hydrogen (secondary N) is 1. The van der Waals surface area contributed by atoms with Crippen LogP contribution in [0.2, 0.25) is 10.0 Å². The number of para-hydroxylation sites is 1. The number of aromatic nitrogens is 1. The zero-order valence-electron chi connectivity index (χ0n) is 16.1. The Morgan fingerprint density at radius 2 is 1.90 bits per heavy atom. The second-order valence-electron chi connectivity index (χ2n) is 6.64. The van der Waals surface area contributed by atoms with Crippen molar-refractivity contribution in [3.63, 3.8) is 0 Å². The maximum Gasteiger partial charge on any atom is 0.262 e. The van der Waals surface area contributed by atoms with Gasteiger partial charge < -0.3 is 14.5 Å². The number of aryl methyl sites for hydroxylation is 1. The summed E-state index contributed by atoms with van der Waals surface area (Å²) in [4.78, 5) is 16.9. The Labute approximate surface area is 183 Å². The number of carbonyl (C=O) groups excluding carboxylic acids is 1. The van der Waals surface area contributed by atoms with Gasteiger partial charge in [-0.1, -0.05) is 48.3 Å². The molecule has 0 radical (unpaired) electrons. The van der Waals surface area contributed by atoms with Gasteiger partial charge in [0.05, 0.1) is 15.7 Å². The predicted octanol–water partition coefficient (Wildman–Crippen LogP) is 6.38. The van der Waals surface area contributed by atoms with E-state index in [4.69, 9.17) is 32.4 Å². The number of anilines is 1. The van der Waals surface area contributed by atoms with E-state index in [1.165, 1.54) is 5.56 Å². The fourth-order valence-corrected chi connectivity index (χ4v) is 3.32. The van der Waals surface area contributed by atoms with Crippen LogP contribution in [0.15, 0.2) is 65.1 Å². The Morgan fingerprint density at radius 1 is 1.07 bits per heavy atom. The molecule has 4 aromatic rings. The van der Waals surface area contributed by atoms with Gasteiger partial charge in [-0.3, -0.25) is 4.79 Å². The maximum atomic E-state index is 12.3. The molecular formula is C23H18Cl2N2O3. The number of amides is 1. The lowest BCUT2D eigenvalue weighted by Crippen LogP contribution is -2.20. The Morgan fingerprint density at radius 3 is 2.70 bits per heavy atom. The zero-order chi connectivity index (χ0) is 21.1. The fourth-order valence-electron chi connectivity index (χ4n) is 2.96. The van der Waals surface area contributed by atoms with Crippen molar-refractivity contribution >= 4 is 45.9 Å². The van der Waals surface area contributed by atoms with Gasteiger partial charge in [0.1, 0.15) is 11.3 Å². The highest BCUT2D eigenvalue weighted by molar-refractivity contribution is 6.34. The molecule has 0 aliphatic carbocycles. The standard InChI is InChI=1S/C23H18Cl2N2O3/c1-2-14-7-10-21-19(11-14)27-23(30-21)15-8-9-16(24)18(12-15)26-22(28)13-29-20-6-4-3-5-17(20)25/h3-12H,2,13H2,1H3,(H,26,28). The summed E-state index contributed by atoms with van der Waals surface area (Å²) in [5.74, 6) is 0.531. The molecule has 1 N–H and O–H groups in total. The predicted molar refractivity (Wildman–Crippen MR) is 119 cm³/mol. The van der Waals surface area contributed by atoms with Crippen LogP contribution in [0.5, 0.6) is 5.75 Å². The van der Waals surface area contributed by atoms with Crippen LogP contribution >= 0.6 is 23.2 Å².